The fraction of sp³-hybridized carbons (Fsp3) is 0.600. The smallest absolute Gasteiger partial charge is 0.0522 e. The second kappa shape index (κ2) is 5.19. The summed E-state index contributed by atoms with van der Waals surface area (Å²) in [6.45, 7) is 7.88. The zero-order valence-corrected chi connectivity index (χ0v) is 10.9. The number of hydrogen-bond donors (Lipinski definition) is 1. The molecule has 1 aliphatic heterocycles. The Bertz CT molecular complexity index is 367. The molecule has 1 saturated heterocycles. The number of rotatable bonds is 4. The van der Waals surface area contributed by atoms with Crippen molar-refractivity contribution in [2.45, 2.75) is 38.6 Å². The van der Waals surface area contributed by atoms with Crippen LogP contribution >= 0.6 is 0 Å². The van der Waals surface area contributed by atoms with Gasteiger partial charge in [0.25, 0.3) is 0 Å². The van der Waals surface area contributed by atoms with E-state index in [4.69, 9.17) is 0 Å². The summed E-state index contributed by atoms with van der Waals surface area (Å²) in [7, 11) is 0. The first-order chi connectivity index (χ1) is 8.12. The molecule has 0 atom stereocenters. The molecule has 1 aliphatic rings. The van der Waals surface area contributed by atoms with Crippen LogP contribution in [0, 0.1) is 0 Å². The Kier molecular flexibility index (Phi) is 3.85. The highest BCUT2D eigenvalue weighted by molar-refractivity contribution is 5.29. The molecule has 0 spiro atoms. The second-order valence-electron chi connectivity index (χ2n) is 5.73. The Morgan fingerprint density at radius 1 is 1.24 bits per heavy atom. The third-order valence-electron chi connectivity index (χ3n) is 3.71. The molecule has 1 aromatic rings. The van der Waals surface area contributed by atoms with Gasteiger partial charge in [-0.3, -0.25) is 4.90 Å². The first-order valence-corrected chi connectivity index (χ1v) is 6.54. The molecule has 1 N–H and O–H groups in total. The van der Waals surface area contributed by atoms with E-state index in [2.05, 4.69) is 43.0 Å². The first kappa shape index (κ1) is 12.6. The maximum atomic E-state index is 9.41. The number of hydrogen-bond acceptors (Lipinski definition) is 2. The second-order valence-corrected chi connectivity index (χ2v) is 5.73. The van der Waals surface area contributed by atoms with E-state index in [0.29, 0.717) is 0 Å². The fourth-order valence-electron chi connectivity index (χ4n) is 2.38. The molecule has 2 nitrogen and oxygen atoms in total. The van der Waals surface area contributed by atoms with Crippen molar-refractivity contribution in [2.75, 3.05) is 19.7 Å². The van der Waals surface area contributed by atoms with Gasteiger partial charge in [0, 0.05) is 12.0 Å². The van der Waals surface area contributed by atoms with Crippen molar-refractivity contribution in [1.29, 1.82) is 0 Å². The Morgan fingerprint density at radius 2 is 1.94 bits per heavy atom. The van der Waals surface area contributed by atoms with Gasteiger partial charge >= 0.3 is 0 Å². The maximum absolute atomic E-state index is 9.41. The third kappa shape index (κ3) is 3.08. The zero-order chi connectivity index (χ0) is 12.3. The van der Waals surface area contributed by atoms with Crippen LogP contribution in [-0.2, 0) is 12.0 Å². The molecular weight excluding hydrogens is 210 g/mol. The molecule has 0 unspecified atom stereocenters. The molecule has 0 saturated carbocycles. The fourth-order valence-corrected chi connectivity index (χ4v) is 2.38. The van der Waals surface area contributed by atoms with Crippen molar-refractivity contribution < 1.29 is 5.11 Å². The van der Waals surface area contributed by atoms with Crippen LogP contribution in [0.3, 0.4) is 0 Å². The molecule has 2 heteroatoms. The number of likely N-dealkylation sites (tertiary alicyclic amines) is 1. The summed E-state index contributed by atoms with van der Waals surface area (Å²) >= 11 is 0. The van der Waals surface area contributed by atoms with E-state index >= 15 is 0 Å². The van der Waals surface area contributed by atoms with Gasteiger partial charge in [0.1, 0.15) is 0 Å². The number of aliphatic hydroxyl groups is 1. The Morgan fingerprint density at radius 3 is 2.59 bits per heavy atom. The van der Waals surface area contributed by atoms with Gasteiger partial charge in [0.15, 0.2) is 0 Å². The van der Waals surface area contributed by atoms with Gasteiger partial charge in [-0.2, -0.15) is 0 Å². The molecule has 94 valence electrons. The topological polar surface area (TPSA) is 23.5 Å². The van der Waals surface area contributed by atoms with Crippen LogP contribution in [0.1, 0.15) is 37.8 Å². The molecule has 0 aromatic heterocycles. The highest BCUT2D eigenvalue weighted by Gasteiger charge is 2.20. The molecule has 17 heavy (non-hydrogen) atoms. The van der Waals surface area contributed by atoms with Gasteiger partial charge in [-0.15, -0.1) is 0 Å². The Labute approximate surface area is 104 Å². The van der Waals surface area contributed by atoms with Gasteiger partial charge < -0.3 is 5.11 Å². The molecule has 2 rings (SSSR count). The van der Waals surface area contributed by atoms with Crippen molar-refractivity contribution in [2.24, 2.45) is 0 Å². The average Bonchev–Trinajstić information content (AvgIpc) is 2.82. The van der Waals surface area contributed by atoms with Crippen molar-refractivity contribution in [3.63, 3.8) is 0 Å². The minimum absolute atomic E-state index is 0.138. The van der Waals surface area contributed by atoms with Gasteiger partial charge in [0.2, 0.25) is 0 Å². The minimum Gasteiger partial charge on any atom is -0.395 e. The molecule has 0 radical (unpaired) electrons. The number of benzene rings is 1. The van der Waals surface area contributed by atoms with E-state index in [1.165, 1.54) is 37.1 Å². The van der Waals surface area contributed by atoms with E-state index in [-0.39, 0.29) is 12.0 Å². The molecule has 1 aromatic carbocycles. The highest BCUT2D eigenvalue weighted by Crippen LogP contribution is 2.24. The molecule has 1 heterocycles. The predicted molar refractivity (Wildman–Crippen MR) is 71.1 cm³/mol. The molecular formula is C15H23NO. The Hall–Kier alpha value is -0.860. The summed E-state index contributed by atoms with van der Waals surface area (Å²) in [4.78, 5) is 2.51. The van der Waals surface area contributed by atoms with E-state index in [1.54, 1.807) is 0 Å². The lowest BCUT2D eigenvalue weighted by Gasteiger charge is -2.23. The largest absolute Gasteiger partial charge is 0.395 e. The Balaban J connectivity index is 2.10. The summed E-state index contributed by atoms with van der Waals surface area (Å²) in [5.41, 5.74) is 2.46. The van der Waals surface area contributed by atoms with Crippen LogP contribution in [0.4, 0.5) is 0 Å². The lowest BCUT2D eigenvalue weighted by Crippen LogP contribution is -2.23. The van der Waals surface area contributed by atoms with E-state index in [0.717, 1.165) is 6.54 Å². The van der Waals surface area contributed by atoms with Crippen LogP contribution in [0.5, 0.6) is 0 Å². The van der Waals surface area contributed by atoms with Crippen molar-refractivity contribution in [1.82, 2.24) is 4.90 Å². The normalized spacial score (nSPS) is 17.6. The molecule has 1 fully saturated rings. The highest BCUT2D eigenvalue weighted by atomic mass is 16.3. The number of nitrogens with zero attached hydrogens (tertiary/aromatic N) is 1. The summed E-state index contributed by atoms with van der Waals surface area (Å²) in [5.74, 6) is 0. The van der Waals surface area contributed by atoms with Crippen LogP contribution in [0.15, 0.2) is 24.3 Å². The third-order valence-corrected chi connectivity index (χ3v) is 3.71. The predicted octanol–water partition coefficient (Wildman–Crippen LogP) is 2.55. The van der Waals surface area contributed by atoms with Crippen LogP contribution in [0.2, 0.25) is 0 Å². The van der Waals surface area contributed by atoms with Gasteiger partial charge in [-0.25, -0.2) is 0 Å². The summed E-state index contributed by atoms with van der Waals surface area (Å²) in [6.07, 6.45) is 2.67. The van der Waals surface area contributed by atoms with E-state index in [9.17, 15) is 5.11 Å². The molecule has 0 bridgehead atoms. The monoisotopic (exact) mass is 233 g/mol. The lowest BCUT2D eigenvalue weighted by atomic mass is 9.85. The first-order valence-electron chi connectivity index (χ1n) is 6.54. The van der Waals surface area contributed by atoms with Gasteiger partial charge in [-0.1, -0.05) is 38.1 Å². The van der Waals surface area contributed by atoms with Crippen molar-refractivity contribution in [3.05, 3.63) is 35.4 Å². The number of aliphatic hydroxyl groups excluding tert-OH is 1. The quantitative estimate of drug-likeness (QED) is 0.864. The average molecular weight is 233 g/mol. The van der Waals surface area contributed by atoms with Crippen molar-refractivity contribution in [3.8, 4) is 0 Å². The molecule has 0 aliphatic carbocycles. The summed E-state index contributed by atoms with van der Waals surface area (Å²) < 4.78 is 0. The standard InChI is InChI=1S/C15H23NO/c1-15(2,12-17)14-7-5-6-13(10-14)11-16-8-3-4-9-16/h5-7,10,17H,3-4,8-9,11-12H2,1-2H3. The minimum atomic E-state index is -0.138. The molecule has 0 amide bonds. The van der Waals surface area contributed by atoms with Gasteiger partial charge in [0.05, 0.1) is 6.61 Å². The van der Waals surface area contributed by atoms with Crippen molar-refractivity contribution >= 4 is 0 Å². The summed E-state index contributed by atoms with van der Waals surface area (Å²) in [6, 6.07) is 8.66. The zero-order valence-electron chi connectivity index (χ0n) is 10.9. The lowest BCUT2D eigenvalue weighted by molar-refractivity contribution is 0.218. The van der Waals surface area contributed by atoms with E-state index in [1.807, 2.05) is 0 Å². The maximum Gasteiger partial charge on any atom is 0.0522 e. The van der Waals surface area contributed by atoms with Crippen LogP contribution in [-0.4, -0.2) is 29.7 Å². The van der Waals surface area contributed by atoms with Gasteiger partial charge in [-0.05, 0) is 37.1 Å². The van der Waals surface area contributed by atoms with Crippen LogP contribution < -0.4 is 0 Å². The van der Waals surface area contributed by atoms with Crippen LogP contribution in [0.25, 0.3) is 0 Å². The SMILES string of the molecule is CC(C)(CO)c1cccc(CN2CCCC2)c1. The van der Waals surface area contributed by atoms with E-state index < -0.39 is 0 Å². The summed E-state index contributed by atoms with van der Waals surface area (Å²) in [5, 5.41) is 9.41.